The number of carbonyl (C=O) groups excluding carboxylic acids is 1. The van der Waals surface area contributed by atoms with Crippen LogP contribution >= 0.6 is 0 Å². The van der Waals surface area contributed by atoms with Crippen molar-refractivity contribution in [3.63, 3.8) is 0 Å². The minimum Gasteiger partial charge on any atom is -0.322 e. The van der Waals surface area contributed by atoms with Crippen LogP contribution < -0.4 is 11.0 Å². The van der Waals surface area contributed by atoms with Crippen molar-refractivity contribution in [2.45, 2.75) is 26.3 Å². The number of benzene rings is 1. The fourth-order valence-electron chi connectivity index (χ4n) is 2.26. The number of aryl methyl sites for hydroxylation is 1. The van der Waals surface area contributed by atoms with E-state index in [-0.39, 0.29) is 17.1 Å². The summed E-state index contributed by atoms with van der Waals surface area (Å²) < 4.78 is 3.34. The second-order valence-electron chi connectivity index (χ2n) is 5.74. The Balaban J connectivity index is 2.70. The standard InChI is InChI=1S/C15H19N3O2/c1-6-13(19)16-10-7-8-11-12(9-10)18(15(2,3)4)14(20)17(11)5/h6-9H,1H2,2-5H3,(H,16,19). The van der Waals surface area contributed by atoms with E-state index in [1.165, 1.54) is 6.08 Å². The molecule has 0 spiro atoms. The van der Waals surface area contributed by atoms with Crippen LogP contribution in [0.25, 0.3) is 11.0 Å². The lowest BCUT2D eigenvalue weighted by Gasteiger charge is -2.20. The molecule has 0 saturated heterocycles. The first-order valence-electron chi connectivity index (χ1n) is 6.41. The van der Waals surface area contributed by atoms with Gasteiger partial charge in [-0.2, -0.15) is 0 Å². The van der Waals surface area contributed by atoms with Gasteiger partial charge < -0.3 is 5.32 Å². The number of nitrogens with zero attached hydrogens (tertiary/aromatic N) is 2. The number of hydrogen-bond acceptors (Lipinski definition) is 2. The molecule has 0 unspecified atom stereocenters. The SMILES string of the molecule is C=CC(=O)Nc1ccc2c(c1)n(C(C)(C)C)c(=O)n2C. The van der Waals surface area contributed by atoms with Crippen LogP contribution in [0.2, 0.25) is 0 Å². The number of nitrogens with one attached hydrogen (secondary N) is 1. The summed E-state index contributed by atoms with van der Waals surface area (Å²) >= 11 is 0. The van der Waals surface area contributed by atoms with Crippen LogP contribution in [-0.4, -0.2) is 15.0 Å². The van der Waals surface area contributed by atoms with Crippen molar-refractivity contribution in [3.05, 3.63) is 41.3 Å². The first-order chi connectivity index (χ1) is 9.25. The highest BCUT2D eigenvalue weighted by Gasteiger charge is 2.21. The zero-order chi connectivity index (χ0) is 15.1. The molecule has 0 bridgehead atoms. The van der Waals surface area contributed by atoms with Gasteiger partial charge in [-0.25, -0.2) is 4.79 Å². The molecule has 106 valence electrons. The molecule has 2 rings (SSSR count). The van der Waals surface area contributed by atoms with Crippen molar-refractivity contribution in [1.82, 2.24) is 9.13 Å². The van der Waals surface area contributed by atoms with E-state index in [4.69, 9.17) is 0 Å². The summed E-state index contributed by atoms with van der Waals surface area (Å²) in [5, 5.41) is 2.71. The van der Waals surface area contributed by atoms with Crippen LogP contribution in [0.5, 0.6) is 0 Å². The molecular weight excluding hydrogens is 254 g/mol. The average Bonchev–Trinajstić information content (AvgIpc) is 2.61. The summed E-state index contributed by atoms with van der Waals surface area (Å²) in [6.07, 6.45) is 1.21. The summed E-state index contributed by atoms with van der Waals surface area (Å²) in [6.45, 7) is 9.35. The van der Waals surface area contributed by atoms with Gasteiger partial charge in [-0.3, -0.25) is 13.9 Å². The Kier molecular flexibility index (Phi) is 3.29. The lowest BCUT2D eigenvalue weighted by Crippen LogP contribution is -2.34. The molecule has 0 fully saturated rings. The first kappa shape index (κ1) is 14.1. The van der Waals surface area contributed by atoms with Crippen molar-refractivity contribution in [2.75, 3.05) is 5.32 Å². The number of imidazole rings is 1. The summed E-state index contributed by atoms with van der Waals surface area (Å²) in [5.41, 5.74) is 1.87. The third kappa shape index (κ3) is 2.27. The zero-order valence-corrected chi connectivity index (χ0v) is 12.2. The largest absolute Gasteiger partial charge is 0.329 e. The van der Waals surface area contributed by atoms with Crippen LogP contribution in [0.15, 0.2) is 35.6 Å². The smallest absolute Gasteiger partial charge is 0.322 e. The van der Waals surface area contributed by atoms with Crippen LogP contribution in [0.4, 0.5) is 5.69 Å². The normalized spacial score (nSPS) is 11.6. The van der Waals surface area contributed by atoms with Crippen molar-refractivity contribution in [2.24, 2.45) is 7.05 Å². The lowest BCUT2D eigenvalue weighted by atomic mass is 10.1. The van der Waals surface area contributed by atoms with E-state index in [1.54, 1.807) is 22.2 Å². The van der Waals surface area contributed by atoms with Crippen molar-refractivity contribution >= 4 is 22.6 Å². The quantitative estimate of drug-likeness (QED) is 0.853. The molecule has 1 aromatic carbocycles. The summed E-state index contributed by atoms with van der Waals surface area (Å²) in [4.78, 5) is 23.7. The summed E-state index contributed by atoms with van der Waals surface area (Å²) in [7, 11) is 1.74. The molecule has 5 heteroatoms. The Morgan fingerprint density at radius 3 is 2.50 bits per heavy atom. The Labute approximate surface area is 117 Å². The van der Waals surface area contributed by atoms with E-state index in [9.17, 15) is 9.59 Å². The van der Waals surface area contributed by atoms with Gasteiger partial charge in [0.15, 0.2) is 0 Å². The van der Waals surface area contributed by atoms with Gasteiger partial charge >= 0.3 is 5.69 Å². The minimum absolute atomic E-state index is 0.0697. The molecule has 0 aliphatic heterocycles. The van der Waals surface area contributed by atoms with Gasteiger partial charge in [0.1, 0.15) is 0 Å². The number of aromatic nitrogens is 2. The van der Waals surface area contributed by atoms with Crippen molar-refractivity contribution in [1.29, 1.82) is 0 Å². The van der Waals surface area contributed by atoms with Crippen LogP contribution in [0.3, 0.4) is 0 Å². The number of rotatable bonds is 2. The van der Waals surface area contributed by atoms with Gasteiger partial charge in [0, 0.05) is 18.3 Å². The minimum atomic E-state index is -0.336. The number of fused-ring (bicyclic) bond motifs is 1. The predicted molar refractivity (Wildman–Crippen MR) is 81.0 cm³/mol. The number of anilines is 1. The van der Waals surface area contributed by atoms with E-state index in [0.29, 0.717) is 5.69 Å². The Morgan fingerprint density at radius 2 is 1.95 bits per heavy atom. The molecule has 0 aliphatic carbocycles. The van der Waals surface area contributed by atoms with E-state index < -0.39 is 0 Å². The van der Waals surface area contributed by atoms with Gasteiger partial charge in [0.2, 0.25) is 5.91 Å². The molecule has 1 amide bonds. The maximum absolute atomic E-state index is 12.3. The molecule has 0 aliphatic rings. The molecule has 5 nitrogen and oxygen atoms in total. The fraction of sp³-hybridized carbons (Fsp3) is 0.333. The summed E-state index contributed by atoms with van der Waals surface area (Å²) in [6, 6.07) is 5.41. The number of carbonyl (C=O) groups is 1. The molecule has 1 heterocycles. The van der Waals surface area contributed by atoms with Gasteiger partial charge in [-0.05, 0) is 45.0 Å². The van der Waals surface area contributed by atoms with Crippen LogP contribution in [0.1, 0.15) is 20.8 Å². The van der Waals surface area contributed by atoms with Crippen LogP contribution in [-0.2, 0) is 17.4 Å². The van der Waals surface area contributed by atoms with E-state index in [2.05, 4.69) is 11.9 Å². The monoisotopic (exact) mass is 273 g/mol. The topological polar surface area (TPSA) is 56.0 Å². The molecule has 0 atom stereocenters. The Morgan fingerprint density at radius 1 is 1.30 bits per heavy atom. The fourth-order valence-corrected chi connectivity index (χ4v) is 2.26. The van der Waals surface area contributed by atoms with Crippen molar-refractivity contribution in [3.8, 4) is 0 Å². The second-order valence-corrected chi connectivity index (χ2v) is 5.74. The number of amides is 1. The Bertz CT molecular complexity index is 745. The maximum Gasteiger partial charge on any atom is 0.329 e. The van der Waals surface area contributed by atoms with Gasteiger partial charge in [0.25, 0.3) is 0 Å². The van der Waals surface area contributed by atoms with Crippen molar-refractivity contribution < 1.29 is 4.79 Å². The maximum atomic E-state index is 12.3. The molecule has 0 saturated carbocycles. The summed E-state index contributed by atoms with van der Waals surface area (Å²) in [5.74, 6) is -0.273. The second kappa shape index (κ2) is 4.67. The van der Waals surface area contributed by atoms with E-state index in [1.807, 2.05) is 32.9 Å². The zero-order valence-electron chi connectivity index (χ0n) is 12.2. The third-order valence-corrected chi connectivity index (χ3v) is 3.18. The predicted octanol–water partition coefficient (Wildman–Crippen LogP) is 2.22. The number of hydrogen-bond donors (Lipinski definition) is 1. The van der Waals surface area contributed by atoms with Crippen LogP contribution in [0, 0.1) is 0 Å². The highest BCUT2D eigenvalue weighted by molar-refractivity contribution is 6.00. The molecular formula is C15H19N3O2. The molecule has 0 radical (unpaired) electrons. The van der Waals surface area contributed by atoms with E-state index in [0.717, 1.165) is 11.0 Å². The molecule has 20 heavy (non-hydrogen) atoms. The average molecular weight is 273 g/mol. The highest BCUT2D eigenvalue weighted by Crippen LogP contribution is 2.23. The molecule has 2 aromatic rings. The highest BCUT2D eigenvalue weighted by atomic mass is 16.2. The molecule has 1 N–H and O–H groups in total. The lowest BCUT2D eigenvalue weighted by molar-refractivity contribution is -0.111. The van der Waals surface area contributed by atoms with Gasteiger partial charge in [-0.15, -0.1) is 0 Å². The third-order valence-electron chi connectivity index (χ3n) is 3.18. The molecule has 1 aromatic heterocycles. The Hall–Kier alpha value is -2.30. The van der Waals surface area contributed by atoms with Gasteiger partial charge in [-0.1, -0.05) is 6.58 Å². The van der Waals surface area contributed by atoms with E-state index >= 15 is 0 Å². The van der Waals surface area contributed by atoms with Gasteiger partial charge in [0.05, 0.1) is 11.0 Å². The first-order valence-corrected chi connectivity index (χ1v) is 6.41.